The molecule has 5 rings (SSSR count). The molecule has 2 aromatic heterocycles. The van der Waals surface area contributed by atoms with Gasteiger partial charge in [0.15, 0.2) is 5.17 Å². The number of aryl methyl sites for hydroxylation is 1. The van der Waals surface area contributed by atoms with Crippen molar-refractivity contribution in [2.45, 2.75) is 26.8 Å². The minimum Gasteiger partial charge on any atom is -0.463 e. The number of furan rings is 1. The lowest BCUT2D eigenvalue weighted by Crippen LogP contribution is -2.36. The van der Waals surface area contributed by atoms with Gasteiger partial charge in [0.05, 0.1) is 29.3 Å². The van der Waals surface area contributed by atoms with E-state index in [0.29, 0.717) is 35.9 Å². The van der Waals surface area contributed by atoms with Crippen LogP contribution in [0.1, 0.15) is 36.1 Å². The maximum atomic E-state index is 12.9. The van der Waals surface area contributed by atoms with E-state index in [1.165, 1.54) is 6.07 Å². The van der Waals surface area contributed by atoms with E-state index in [4.69, 9.17) is 14.1 Å². The first kappa shape index (κ1) is 24.1. The van der Waals surface area contributed by atoms with Crippen molar-refractivity contribution in [1.29, 1.82) is 0 Å². The van der Waals surface area contributed by atoms with Crippen molar-refractivity contribution in [2.24, 2.45) is 4.99 Å². The van der Waals surface area contributed by atoms with E-state index in [0.717, 1.165) is 26.1 Å². The van der Waals surface area contributed by atoms with Crippen LogP contribution in [0.4, 0.5) is 5.69 Å². The van der Waals surface area contributed by atoms with Crippen molar-refractivity contribution in [1.82, 2.24) is 4.90 Å². The lowest BCUT2D eigenvalue weighted by molar-refractivity contribution is -0.384. The van der Waals surface area contributed by atoms with Crippen molar-refractivity contribution >= 4 is 46.0 Å². The minimum absolute atomic E-state index is 0.0521. The number of nitro groups is 1. The summed E-state index contributed by atoms with van der Waals surface area (Å²) < 4.78 is 11.4. The number of carbonyl (C=O) groups is 1. The SMILES string of the molecule is CCOC(=O)C1=C(C)N=C2S/C(=C/c3ccc(-c4ccc([N+](=O)[O-])cc4C)o3)CN2C1c1cccs1. The predicted molar refractivity (Wildman–Crippen MR) is 142 cm³/mol. The third kappa shape index (κ3) is 4.49. The van der Waals surface area contributed by atoms with Gasteiger partial charge in [0.2, 0.25) is 0 Å². The van der Waals surface area contributed by atoms with Gasteiger partial charge in [-0.1, -0.05) is 17.8 Å². The van der Waals surface area contributed by atoms with E-state index in [1.54, 1.807) is 42.2 Å². The van der Waals surface area contributed by atoms with Crippen LogP contribution < -0.4 is 0 Å². The molecule has 1 unspecified atom stereocenters. The van der Waals surface area contributed by atoms with Crippen LogP contribution in [-0.4, -0.2) is 34.1 Å². The van der Waals surface area contributed by atoms with E-state index < -0.39 is 4.92 Å². The highest BCUT2D eigenvalue weighted by Gasteiger charge is 2.41. The Morgan fingerprint density at radius 1 is 1.31 bits per heavy atom. The van der Waals surface area contributed by atoms with E-state index in [9.17, 15) is 14.9 Å². The Balaban J connectivity index is 1.43. The quantitative estimate of drug-likeness (QED) is 0.206. The van der Waals surface area contributed by atoms with Gasteiger partial charge in [0.25, 0.3) is 5.69 Å². The molecule has 1 aromatic carbocycles. The fourth-order valence-corrected chi connectivity index (χ4v) is 6.28. The Morgan fingerprint density at radius 2 is 2.14 bits per heavy atom. The number of aliphatic imine (C=N–C) groups is 1. The Labute approximate surface area is 216 Å². The zero-order chi connectivity index (χ0) is 25.4. The zero-order valence-electron chi connectivity index (χ0n) is 19.9. The molecule has 2 aliphatic heterocycles. The van der Waals surface area contributed by atoms with Gasteiger partial charge in [-0.2, -0.15) is 0 Å². The fraction of sp³-hybridized carbons (Fsp3) is 0.231. The van der Waals surface area contributed by atoms with Gasteiger partial charge in [-0.25, -0.2) is 9.79 Å². The third-order valence-electron chi connectivity index (χ3n) is 5.96. The highest BCUT2D eigenvalue weighted by molar-refractivity contribution is 8.17. The summed E-state index contributed by atoms with van der Waals surface area (Å²) in [6.07, 6.45) is 1.97. The molecule has 0 saturated carbocycles. The summed E-state index contributed by atoms with van der Waals surface area (Å²) in [5.74, 6) is 0.979. The normalized spacial score (nSPS) is 18.4. The van der Waals surface area contributed by atoms with Gasteiger partial charge < -0.3 is 14.1 Å². The van der Waals surface area contributed by atoms with Crippen LogP contribution in [0.25, 0.3) is 17.4 Å². The second kappa shape index (κ2) is 9.79. The number of esters is 1. The number of nitro benzene ring substituents is 1. The summed E-state index contributed by atoms with van der Waals surface area (Å²) in [4.78, 5) is 32.4. The van der Waals surface area contributed by atoms with Gasteiger partial charge in [0.1, 0.15) is 17.6 Å². The van der Waals surface area contributed by atoms with Crippen molar-refractivity contribution in [2.75, 3.05) is 13.2 Å². The van der Waals surface area contributed by atoms with Crippen LogP contribution in [0.15, 0.2) is 73.4 Å². The maximum absolute atomic E-state index is 12.9. The number of rotatable bonds is 6. The number of thioether (sulfide) groups is 1. The lowest BCUT2D eigenvalue weighted by Gasteiger charge is -2.33. The average molecular weight is 522 g/mol. The van der Waals surface area contributed by atoms with E-state index in [2.05, 4.69) is 4.90 Å². The first-order valence-electron chi connectivity index (χ1n) is 11.4. The number of nitrogens with zero attached hydrogens (tertiary/aromatic N) is 3. The Kier molecular flexibility index (Phi) is 6.55. The molecule has 0 bridgehead atoms. The number of non-ortho nitro benzene ring substituents is 1. The topological polar surface area (TPSA) is 98.2 Å². The van der Waals surface area contributed by atoms with Crippen LogP contribution in [0.2, 0.25) is 0 Å². The number of thiophene rings is 1. The summed E-state index contributed by atoms with van der Waals surface area (Å²) in [7, 11) is 0. The number of ether oxygens (including phenoxy) is 1. The predicted octanol–water partition coefficient (Wildman–Crippen LogP) is 6.56. The lowest BCUT2D eigenvalue weighted by atomic mass is 10.0. The number of hydrogen-bond donors (Lipinski definition) is 0. The number of benzene rings is 1. The molecule has 0 spiro atoms. The summed E-state index contributed by atoms with van der Waals surface area (Å²) in [6, 6.07) is 12.2. The minimum atomic E-state index is -0.406. The Morgan fingerprint density at radius 3 is 2.83 bits per heavy atom. The maximum Gasteiger partial charge on any atom is 0.338 e. The van der Waals surface area contributed by atoms with Crippen LogP contribution in [-0.2, 0) is 9.53 Å². The van der Waals surface area contributed by atoms with Crippen LogP contribution in [0, 0.1) is 17.0 Å². The first-order chi connectivity index (χ1) is 17.4. The molecule has 0 amide bonds. The molecule has 3 aromatic rings. The molecule has 10 heteroatoms. The van der Waals surface area contributed by atoms with Gasteiger partial charge in [0, 0.05) is 27.5 Å². The van der Waals surface area contributed by atoms with Crippen molar-refractivity contribution < 1.29 is 18.9 Å². The molecular weight excluding hydrogens is 498 g/mol. The van der Waals surface area contributed by atoms with E-state index >= 15 is 0 Å². The highest BCUT2D eigenvalue weighted by Crippen LogP contribution is 2.45. The molecule has 1 fully saturated rings. The summed E-state index contributed by atoms with van der Waals surface area (Å²) in [5.41, 5.74) is 2.87. The number of carbonyl (C=O) groups excluding carboxylic acids is 1. The van der Waals surface area contributed by atoms with Gasteiger partial charge >= 0.3 is 5.97 Å². The Hall–Kier alpha value is -3.63. The number of fused-ring (bicyclic) bond motifs is 1. The molecular formula is C26H23N3O5S2. The largest absolute Gasteiger partial charge is 0.463 e. The molecule has 0 N–H and O–H groups in total. The average Bonchev–Trinajstić information content (AvgIpc) is 3.59. The van der Waals surface area contributed by atoms with Crippen molar-refractivity contribution in [3.05, 3.63) is 90.3 Å². The molecule has 4 heterocycles. The number of amidine groups is 1. The summed E-state index contributed by atoms with van der Waals surface area (Å²) in [6.45, 7) is 6.36. The third-order valence-corrected chi connectivity index (χ3v) is 7.90. The molecule has 1 saturated heterocycles. The number of hydrogen-bond acceptors (Lipinski definition) is 9. The molecule has 0 radical (unpaired) electrons. The summed E-state index contributed by atoms with van der Waals surface area (Å²) in [5, 5.41) is 13.9. The second-order valence-corrected chi connectivity index (χ2v) is 10.4. The standard InChI is InChI=1S/C26H23N3O5S2/c1-4-33-25(30)23-16(3)27-26-28(24(23)22-6-5-11-35-22)14-19(36-26)13-18-8-10-21(34-18)20-9-7-17(29(31)32)12-15(20)2/h5-13,24H,4,14H2,1-3H3/b19-13+. The monoisotopic (exact) mass is 521 g/mol. The van der Waals surface area contributed by atoms with Crippen molar-refractivity contribution in [3.63, 3.8) is 0 Å². The van der Waals surface area contributed by atoms with Crippen LogP contribution in [0.5, 0.6) is 0 Å². The van der Waals surface area contributed by atoms with Crippen LogP contribution in [0.3, 0.4) is 0 Å². The van der Waals surface area contributed by atoms with Gasteiger partial charge in [-0.05, 0) is 62.1 Å². The highest BCUT2D eigenvalue weighted by atomic mass is 32.2. The molecule has 36 heavy (non-hydrogen) atoms. The molecule has 1 atom stereocenters. The Bertz CT molecular complexity index is 1440. The second-order valence-electron chi connectivity index (χ2n) is 8.33. The fourth-order valence-electron chi connectivity index (χ4n) is 4.35. The molecule has 184 valence electrons. The van der Waals surface area contributed by atoms with Gasteiger partial charge in [-0.15, -0.1) is 11.3 Å². The zero-order valence-corrected chi connectivity index (χ0v) is 21.5. The smallest absolute Gasteiger partial charge is 0.338 e. The molecule has 8 nitrogen and oxygen atoms in total. The number of allylic oxidation sites excluding steroid dienone is 1. The van der Waals surface area contributed by atoms with Crippen molar-refractivity contribution in [3.8, 4) is 11.3 Å². The van der Waals surface area contributed by atoms with E-state index in [1.807, 2.05) is 49.6 Å². The van der Waals surface area contributed by atoms with Crippen LogP contribution >= 0.6 is 23.1 Å². The van der Waals surface area contributed by atoms with E-state index in [-0.39, 0.29) is 17.7 Å². The molecule has 0 aliphatic carbocycles. The summed E-state index contributed by atoms with van der Waals surface area (Å²) >= 11 is 3.16. The molecule has 2 aliphatic rings. The first-order valence-corrected chi connectivity index (χ1v) is 13.1. The van der Waals surface area contributed by atoms with Gasteiger partial charge in [-0.3, -0.25) is 10.1 Å².